The molecule has 202 valence electrons. The van der Waals surface area contributed by atoms with Gasteiger partial charge in [0.1, 0.15) is 6.04 Å². The van der Waals surface area contributed by atoms with Crippen LogP contribution in [0.4, 0.5) is 0 Å². The minimum atomic E-state index is -4.06. The van der Waals surface area contributed by atoms with Gasteiger partial charge in [-0.25, -0.2) is 18.4 Å². The van der Waals surface area contributed by atoms with E-state index in [-0.39, 0.29) is 17.4 Å². The van der Waals surface area contributed by atoms with Gasteiger partial charge < -0.3 is 10.1 Å². The van der Waals surface area contributed by atoms with Crippen molar-refractivity contribution in [3.63, 3.8) is 0 Å². The minimum absolute atomic E-state index is 0.00443. The summed E-state index contributed by atoms with van der Waals surface area (Å²) in [6.07, 6.45) is 4.84. The molecule has 1 atom stereocenters. The van der Waals surface area contributed by atoms with E-state index in [1.807, 2.05) is 31.2 Å². The monoisotopic (exact) mass is 538 g/mol. The second kappa shape index (κ2) is 11.6. The molecule has 0 spiro atoms. The molecule has 0 unspecified atom stereocenters. The van der Waals surface area contributed by atoms with Gasteiger partial charge in [-0.05, 0) is 87.8 Å². The van der Waals surface area contributed by atoms with Gasteiger partial charge in [-0.2, -0.15) is 4.72 Å². The molecule has 2 aromatic heterocycles. The summed E-state index contributed by atoms with van der Waals surface area (Å²) in [5, 5.41) is 3.94. The van der Waals surface area contributed by atoms with E-state index in [2.05, 4.69) is 20.0 Å². The van der Waals surface area contributed by atoms with Crippen LogP contribution in [0, 0.1) is 26.7 Å². The molecule has 1 aliphatic carbocycles. The van der Waals surface area contributed by atoms with Gasteiger partial charge in [0.2, 0.25) is 15.9 Å². The van der Waals surface area contributed by atoms with Gasteiger partial charge in [0, 0.05) is 23.3 Å². The molecule has 38 heavy (non-hydrogen) atoms. The number of esters is 1. The highest BCUT2D eigenvalue weighted by molar-refractivity contribution is 7.89. The topological polar surface area (TPSA) is 127 Å². The number of carbonyl (C=O) groups is 2. The number of aryl methyl sites for hydroxylation is 4. The molecule has 1 amide bonds. The predicted molar refractivity (Wildman–Crippen MR) is 144 cm³/mol. The van der Waals surface area contributed by atoms with Gasteiger partial charge in [-0.3, -0.25) is 9.59 Å². The van der Waals surface area contributed by atoms with E-state index in [1.54, 1.807) is 32.2 Å². The highest BCUT2D eigenvalue weighted by Gasteiger charge is 2.33. The van der Waals surface area contributed by atoms with Gasteiger partial charge in [0.15, 0.2) is 5.65 Å². The van der Waals surface area contributed by atoms with Crippen LogP contribution in [0.5, 0.6) is 0 Å². The molecular weight excluding hydrogens is 504 g/mol. The molecule has 2 heterocycles. The van der Waals surface area contributed by atoms with E-state index in [9.17, 15) is 18.0 Å². The number of aromatic nitrogens is 2. The lowest BCUT2D eigenvalue weighted by atomic mass is 9.77. The smallest absolute Gasteiger partial charge is 0.324 e. The Morgan fingerprint density at radius 1 is 1.11 bits per heavy atom. The molecule has 10 heteroatoms. The normalized spacial score (nSPS) is 18.0. The van der Waals surface area contributed by atoms with Gasteiger partial charge in [0.05, 0.1) is 18.4 Å². The van der Waals surface area contributed by atoms with Crippen molar-refractivity contribution in [1.82, 2.24) is 20.0 Å². The number of nitrogens with one attached hydrogen (secondary N) is 2. The standard InChI is InChI=1S/C28H34N4O5S/c1-17-12-18(2)26(19(3)13-17)38(35,36)32-24(28(34)37-4)16-25(33)30-23-14-20(15-23)7-9-22-10-8-21-6-5-11-29-27(21)31-22/h5-6,8,10-13,20,23-24,32H,7,9,14-16H2,1-4H3,(H,30,33)/t20?,23?,24-/m0/s1. The van der Waals surface area contributed by atoms with Crippen molar-refractivity contribution >= 4 is 32.9 Å². The maximum absolute atomic E-state index is 13.1. The molecule has 1 aromatic carbocycles. The van der Waals surface area contributed by atoms with Gasteiger partial charge >= 0.3 is 5.97 Å². The number of fused-ring (bicyclic) bond motifs is 1. The van der Waals surface area contributed by atoms with Crippen LogP contribution in [-0.4, -0.2) is 49.5 Å². The number of benzene rings is 1. The van der Waals surface area contributed by atoms with Crippen molar-refractivity contribution in [2.45, 2.75) is 69.9 Å². The van der Waals surface area contributed by atoms with Crippen LogP contribution in [0.25, 0.3) is 11.0 Å². The maximum atomic E-state index is 13.1. The summed E-state index contributed by atoms with van der Waals surface area (Å²) >= 11 is 0. The van der Waals surface area contributed by atoms with Crippen LogP contribution in [0.1, 0.15) is 48.1 Å². The first-order chi connectivity index (χ1) is 18.1. The molecular formula is C28H34N4O5S. The lowest BCUT2D eigenvalue weighted by Gasteiger charge is -2.36. The third kappa shape index (κ3) is 6.54. The minimum Gasteiger partial charge on any atom is -0.468 e. The Labute approximate surface area is 223 Å². The van der Waals surface area contributed by atoms with Gasteiger partial charge in [0.25, 0.3) is 0 Å². The highest BCUT2D eigenvalue weighted by Crippen LogP contribution is 2.31. The molecule has 9 nitrogen and oxygen atoms in total. The zero-order chi connectivity index (χ0) is 27.4. The van der Waals surface area contributed by atoms with Crippen molar-refractivity contribution in [1.29, 1.82) is 0 Å². The summed E-state index contributed by atoms with van der Waals surface area (Å²) in [6, 6.07) is 10.1. The Morgan fingerprint density at radius 2 is 1.82 bits per heavy atom. The second-order valence-electron chi connectivity index (χ2n) is 10.1. The maximum Gasteiger partial charge on any atom is 0.324 e. The van der Waals surface area contributed by atoms with Crippen LogP contribution < -0.4 is 10.0 Å². The van der Waals surface area contributed by atoms with Crippen LogP contribution >= 0.6 is 0 Å². The molecule has 1 aliphatic rings. The van der Waals surface area contributed by atoms with Crippen molar-refractivity contribution < 1.29 is 22.7 Å². The summed E-state index contributed by atoms with van der Waals surface area (Å²) in [5.41, 5.74) is 3.81. The van der Waals surface area contributed by atoms with Crippen molar-refractivity contribution in [2.24, 2.45) is 5.92 Å². The van der Waals surface area contributed by atoms with Crippen LogP contribution in [-0.2, 0) is 30.8 Å². The van der Waals surface area contributed by atoms with Crippen molar-refractivity contribution in [3.8, 4) is 0 Å². The van der Waals surface area contributed by atoms with Gasteiger partial charge in [-0.15, -0.1) is 0 Å². The van der Waals surface area contributed by atoms with Crippen LogP contribution in [0.2, 0.25) is 0 Å². The summed E-state index contributed by atoms with van der Waals surface area (Å²) in [6.45, 7) is 5.29. The Bertz CT molecular complexity index is 1430. The fourth-order valence-corrected chi connectivity index (χ4v) is 6.83. The van der Waals surface area contributed by atoms with E-state index < -0.39 is 27.9 Å². The van der Waals surface area contributed by atoms with E-state index >= 15 is 0 Å². The molecule has 0 radical (unpaired) electrons. The quantitative estimate of drug-likeness (QED) is 0.379. The molecule has 0 bridgehead atoms. The van der Waals surface area contributed by atoms with Crippen molar-refractivity contribution in [2.75, 3.05) is 7.11 Å². The Kier molecular flexibility index (Phi) is 8.42. The SMILES string of the molecule is COC(=O)[C@H](CC(=O)NC1CC(CCc2ccc3cccnc3n2)C1)NS(=O)(=O)c1c(C)cc(C)cc1C. The zero-order valence-electron chi connectivity index (χ0n) is 22.2. The van der Waals surface area contributed by atoms with E-state index in [0.717, 1.165) is 48.0 Å². The summed E-state index contributed by atoms with van der Waals surface area (Å²) in [7, 11) is -2.89. The Morgan fingerprint density at radius 3 is 2.50 bits per heavy atom. The van der Waals surface area contributed by atoms with Crippen LogP contribution in [0.3, 0.4) is 0 Å². The molecule has 3 aromatic rings. The number of amides is 1. The lowest BCUT2D eigenvalue weighted by Crippen LogP contribution is -2.49. The van der Waals surface area contributed by atoms with E-state index in [0.29, 0.717) is 17.0 Å². The van der Waals surface area contributed by atoms with Crippen LogP contribution in [0.15, 0.2) is 47.5 Å². The number of ether oxygens (including phenoxy) is 1. The van der Waals surface area contributed by atoms with Crippen molar-refractivity contribution in [3.05, 3.63) is 65.0 Å². The van der Waals surface area contributed by atoms with E-state index in [4.69, 9.17) is 4.74 Å². The lowest BCUT2D eigenvalue weighted by molar-refractivity contribution is -0.144. The number of pyridine rings is 2. The number of methoxy groups -OCH3 is 1. The molecule has 2 N–H and O–H groups in total. The average molecular weight is 539 g/mol. The third-order valence-corrected chi connectivity index (χ3v) is 8.75. The first-order valence-electron chi connectivity index (χ1n) is 12.7. The third-order valence-electron chi connectivity index (χ3n) is 6.98. The first-order valence-corrected chi connectivity index (χ1v) is 14.2. The summed E-state index contributed by atoms with van der Waals surface area (Å²) < 4.78 is 33.4. The first kappa shape index (κ1) is 27.7. The van der Waals surface area contributed by atoms with Gasteiger partial charge in [-0.1, -0.05) is 17.7 Å². The molecule has 1 fully saturated rings. The number of hydrogen-bond donors (Lipinski definition) is 2. The molecule has 0 saturated heterocycles. The number of hydrogen-bond acceptors (Lipinski definition) is 7. The molecule has 0 aliphatic heterocycles. The predicted octanol–water partition coefficient (Wildman–Crippen LogP) is 3.29. The number of carbonyl (C=O) groups excluding carboxylic acids is 2. The Balaban J connectivity index is 1.29. The zero-order valence-corrected chi connectivity index (χ0v) is 23.0. The Hall–Kier alpha value is -3.37. The largest absolute Gasteiger partial charge is 0.468 e. The van der Waals surface area contributed by atoms with E-state index in [1.165, 1.54) is 7.11 Å². The average Bonchev–Trinajstić information content (AvgIpc) is 2.83. The fourth-order valence-electron chi connectivity index (χ4n) is 5.20. The fraction of sp³-hybridized carbons (Fsp3) is 0.429. The highest BCUT2D eigenvalue weighted by atomic mass is 32.2. The second-order valence-corrected chi connectivity index (χ2v) is 11.8. The molecule has 1 saturated carbocycles. The molecule has 4 rings (SSSR count). The number of nitrogens with zero attached hydrogens (tertiary/aromatic N) is 2. The number of sulfonamides is 1. The summed E-state index contributed by atoms with van der Waals surface area (Å²) in [4.78, 5) is 34.1. The summed E-state index contributed by atoms with van der Waals surface area (Å²) in [5.74, 6) is -0.745. The number of rotatable bonds is 10.